The standard InChI is InChI=1S/C11H23NO4/c1-12(8-10(14-2)15-3)9-11(13)4-6-16-7-5-11/h10,13H,4-9H2,1-3H3. The van der Waals surface area contributed by atoms with Crippen LogP contribution >= 0.6 is 0 Å². The molecule has 0 atom stereocenters. The Labute approximate surface area is 97.3 Å². The topological polar surface area (TPSA) is 51.2 Å². The van der Waals surface area contributed by atoms with E-state index < -0.39 is 5.60 Å². The summed E-state index contributed by atoms with van der Waals surface area (Å²) in [7, 11) is 5.19. The average Bonchev–Trinajstić information content (AvgIpc) is 2.26. The molecule has 96 valence electrons. The van der Waals surface area contributed by atoms with Gasteiger partial charge in [0.1, 0.15) is 0 Å². The van der Waals surface area contributed by atoms with Gasteiger partial charge in [-0.2, -0.15) is 0 Å². The Bertz CT molecular complexity index is 190. The van der Waals surface area contributed by atoms with Crippen LogP contribution in [0.1, 0.15) is 12.8 Å². The van der Waals surface area contributed by atoms with Gasteiger partial charge >= 0.3 is 0 Å². The Morgan fingerprint density at radius 2 is 1.88 bits per heavy atom. The second-order valence-electron chi connectivity index (χ2n) is 4.43. The van der Waals surface area contributed by atoms with Gasteiger partial charge in [0.15, 0.2) is 6.29 Å². The molecule has 0 aromatic rings. The minimum Gasteiger partial charge on any atom is -0.388 e. The van der Waals surface area contributed by atoms with Gasteiger partial charge in [0.05, 0.1) is 5.60 Å². The minimum atomic E-state index is -0.626. The molecule has 1 heterocycles. The summed E-state index contributed by atoms with van der Waals surface area (Å²) in [5.41, 5.74) is -0.626. The fourth-order valence-electron chi connectivity index (χ4n) is 1.98. The van der Waals surface area contributed by atoms with E-state index in [9.17, 15) is 5.11 Å². The quantitative estimate of drug-likeness (QED) is 0.658. The van der Waals surface area contributed by atoms with E-state index in [1.165, 1.54) is 0 Å². The molecule has 16 heavy (non-hydrogen) atoms. The molecule has 5 nitrogen and oxygen atoms in total. The third-order valence-electron chi connectivity index (χ3n) is 2.97. The van der Waals surface area contributed by atoms with Crippen molar-refractivity contribution in [2.24, 2.45) is 0 Å². The smallest absolute Gasteiger partial charge is 0.169 e. The first-order valence-corrected chi connectivity index (χ1v) is 5.64. The van der Waals surface area contributed by atoms with E-state index in [-0.39, 0.29) is 6.29 Å². The molecule has 0 radical (unpaired) electrons. The zero-order valence-corrected chi connectivity index (χ0v) is 10.4. The molecule has 0 unspecified atom stereocenters. The molecule has 0 bridgehead atoms. The number of nitrogens with zero attached hydrogens (tertiary/aromatic N) is 1. The molecular weight excluding hydrogens is 210 g/mol. The van der Waals surface area contributed by atoms with Crippen LogP contribution < -0.4 is 0 Å². The van der Waals surface area contributed by atoms with Gasteiger partial charge in [0.2, 0.25) is 0 Å². The number of aliphatic hydroxyl groups is 1. The Kier molecular flexibility index (Phi) is 5.64. The molecule has 0 aromatic heterocycles. The lowest BCUT2D eigenvalue weighted by molar-refractivity contribution is -0.127. The van der Waals surface area contributed by atoms with Crippen molar-refractivity contribution < 1.29 is 19.3 Å². The highest BCUT2D eigenvalue weighted by Gasteiger charge is 2.31. The SMILES string of the molecule is COC(CN(C)CC1(O)CCOCC1)OC. The van der Waals surface area contributed by atoms with E-state index in [4.69, 9.17) is 14.2 Å². The predicted octanol–water partition coefficient (Wildman–Crippen LogP) is 0.0786. The zero-order valence-electron chi connectivity index (χ0n) is 10.4. The third-order valence-corrected chi connectivity index (χ3v) is 2.97. The number of likely N-dealkylation sites (N-methyl/N-ethyl adjacent to an activating group) is 1. The Balaban J connectivity index is 2.34. The monoisotopic (exact) mass is 233 g/mol. The molecule has 1 fully saturated rings. The van der Waals surface area contributed by atoms with Crippen molar-refractivity contribution in [2.45, 2.75) is 24.7 Å². The van der Waals surface area contributed by atoms with E-state index in [1.807, 2.05) is 11.9 Å². The number of ether oxygens (including phenoxy) is 3. The van der Waals surface area contributed by atoms with Gasteiger partial charge in [-0.3, -0.25) is 4.90 Å². The molecular formula is C11H23NO4. The average molecular weight is 233 g/mol. The molecule has 0 aliphatic carbocycles. The summed E-state index contributed by atoms with van der Waals surface area (Å²) in [4.78, 5) is 2.03. The van der Waals surface area contributed by atoms with Crippen molar-refractivity contribution in [3.63, 3.8) is 0 Å². The molecule has 1 aliphatic rings. The number of methoxy groups -OCH3 is 2. The van der Waals surface area contributed by atoms with Crippen molar-refractivity contribution in [1.29, 1.82) is 0 Å². The van der Waals surface area contributed by atoms with E-state index in [0.717, 1.165) is 0 Å². The van der Waals surface area contributed by atoms with Crippen LogP contribution in [-0.4, -0.2) is 69.5 Å². The maximum atomic E-state index is 10.3. The molecule has 1 rings (SSSR count). The van der Waals surface area contributed by atoms with Crippen molar-refractivity contribution in [1.82, 2.24) is 4.90 Å². The summed E-state index contributed by atoms with van der Waals surface area (Å²) < 4.78 is 15.5. The van der Waals surface area contributed by atoms with Crippen molar-refractivity contribution >= 4 is 0 Å². The van der Waals surface area contributed by atoms with Gasteiger partial charge < -0.3 is 19.3 Å². The van der Waals surface area contributed by atoms with Crippen molar-refractivity contribution in [3.8, 4) is 0 Å². The first-order chi connectivity index (χ1) is 7.59. The maximum Gasteiger partial charge on any atom is 0.169 e. The van der Waals surface area contributed by atoms with Gasteiger partial charge in [-0.1, -0.05) is 0 Å². The van der Waals surface area contributed by atoms with Crippen LogP contribution in [0, 0.1) is 0 Å². The van der Waals surface area contributed by atoms with Gasteiger partial charge in [0, 0.05) is 53.4 Å². The fraction of sp³-hybridized carbons (Fsp3) is 1.00. The Hall–Kier alpha value is -0.200. The largest absolute Gasteiger partial charge is 0.388 e. The molecule has 0 spiro atoms. The van der Waals surface area contributed by atoms with Crippen LogP contribution in [0.3, 0.4) is 0 Å². The molecule has 1 saturated heterocycles. The number of hydrogen-bond donors (Lipinski definition) is 1. The highest BCUT2D eigenvalue weighted by atomic mass is 16.7. The summed E-state index contributed by atoms with van der Waals surface area (Å²) in [6.07, 6.45) is 1.15. The highest BCUT2D eigenvalue weighted by molar-refractivity contribution is 4.84. The lowest BCUT2D eigenvalue weighted by Gasteiger charge is -2.36. The predicted molar refractivity (Wildman–Crippen MR) is 60.3 cm³/mol. The molecule has 0 saturated carbocycles. The van der Waals surface area contributed by atoms with Crippen molar-refractivity contribution in [3.05, 3.63) is 0 Å². The molecule has 1 aliphatic heterocycles. The summed E-state index contributed by atoms with van der Waals surface area (Å²) in [5.74, 6) is 0. The van der Waals surface area contributed by atoms with Gasteiger partial charge in [-0.25, -0.2) is 0 Å². The van der Waals surface area contributed by atoms with Crippen LogP contribution in [0.5, 0.6) is 0 Å². The minimum absolute atomic E-state index is 0.242. The first kappa shape index (κ1) is 13.9. The highest BCUT2D eigenvalue weighted by Crippen LogP contribution is 2.21. The van der Waals surface area contributed by atoms with Gasteiger partial charge in [-0.15, -0.1) is 0 Å². The van der Waals surface area contributed by atoms with Gasteiger partial charge in [-0.05, 0) is 7.05 Å². The molecule has 0 amide bonds. The van der Waals surface area contributed by atoms with Crippen LogP contribution in [0.2, 0.25) is 0 Å². The first-order valence-electron chi connectivity index (χ1n) is 5.64. The number of rotatable bonds is 6. The van der Waals surface area contributed by atoms with E-state index in [0.29, 0.717) is 39.1 Å². The third kappa shape index (κ3) is 4.35. The normalized spacial score (nSPS) is 20.6. The summed E-state index contributed by atoms with van der Waals surface area (Å²) >= 11 is 0. The number of hydrogen-bond acceptors (Lipinski definition) is 5. The van der Waals surface area contributed by atoms with E-state index in [1.54, 1.807) is 14.2 Å². The zero-order chi connectivity index (χ0) is 12.0. The summed E-state index contributed by atoms with van der Waals surface area (Å²) in [5, 5.41) is 10.3. The molecule has 1 N–H and O–H groups in total. The van der Waals surface area contributed by atoms with Crippen LogP contribution in [0.25, 0.3) is 0 Å². The van der Waals surface area contributed by atoms with Crippen LogP contribution in [-0.2, 0) is 14.2 Å². The molecule has 0 aromatic carbocycles. The lowest BCUT2D eigenvalue weighted by atomic mass is 9.94. The van der Waals surface area contributed by atoms with Crippen molar-refractivity contribution in [2.75, 3.05) is 47.6 Å². The second kappa shape index (κ2) is 6.51. The van der Waals surface area contributed by atoms with Gasteiger partial charge in [0.25, 0.3) is 0 Å². The summed E-state index contributed by atoms with van der Waals surface area (Å²) in [6, 6.07) is 0. The van der Waals surface area contributed by atoms with E-state index >= 15 is 0 Å². The fourth-order valence-corrected chi connectivity index (χ4v) is 1.98. The second-order valence-corrected chi connectivity index (χ2v) is 4.43. The van der Waals surface area contributed by atoms with Crippen LogP contribution in [0.15, 0.2) is 0 Å². The summed E-state index contributed by atoms with van der Waals surface area (Å²) in [6.45, 7) is 2.56. The molecule has 5 heteroatoms. The maximum absolute atomic E-state index is 10.3. The Morgan fingerprint density at radius 1 is 1.31 bits per heavy atom. The Morgan fingerprint density at radius 3 is 2.38 bits per heavy atom. The lowest BCUT2D eigenvalue weighted by Crippen LogP contribution is -2.47. The van der Waals surface area contributed by atoms with Crippen LogP contribution in [0.4, 0.5) is 0 Å². The van der Waals surface area contributed by atoms with E-state index in [2.05, 4.69) is 0 Å².